The van der Waals surface area contributed by atoms with Crippen LogP contribution in [0.15, 0.2) is 42.5 Å². The topological polar surface area (TPSA) is 57.7 Å². The summed E-state index contributed by atoms with van der Waals surface area (Å²) in [6.07, 6.45) is 0. The molecule has 1 aliphatic heterocycles. The number of carbonyl (C=O) groups is 3. The first-order valence-electron chi connectivity index (χ1n) is 8.20. The lowest BCUT2D eigenvalue weighted by molar-refractivity contribution is -0.116. The number of carbonyl (C=O) groups excluding carboxylic acids is 3. The highest BCUT2D eigenvalue weighted by molar-refractivity contribution is 6.21. The van der Waals surface area contributed by atoms with Gasteiger partial charge in [0, 0.05) is 25.7 Å². The van der Waals surface area contributed by atoms with Crippen LogP contribution in [0.5, 0.6) is 0 Å². The van der Waals surface area contributed by atoms with E-state index in [4.69, 9.17) is 0 Å². The number of aryl methyl sites for hydroxylation is 2. The van der Waals surface area contributed by atoms with Crippen molar-refractivity contribution in [1.29, 1.82) is 0 Å². The number of amides is 3. The fourth-order valence-corrected chi connectivity index (χ4v) is 3.20. The molecule has 0 aliphatic carbocycles. The Kier molecular flexibility index (Phi) is 4.40. The van der Waals surface area contributed by atoms with Gasteiger partial charge in [0.05, 0.1) is 11.1 Å². The Bertz CT molecular complexity index is 838. The van der Waals surface area contributed by atoms with Gasteiger partial charge in [-0.2, -0.15) is 0 Å². The zero-order valence-corrected chi connectivity index (χ0v) is 14.6. The first-order chi connectivity index (χ1) is 11.9. The third kappa shape index (κ3) is 3.05. The van der Waals surface area contributed by atoms with E-state index in [-0.39, 0.29) is 30.8 Å². The third-order valence-corrected chi connectivity index (χ3v) is 4.45. The summed E-state index contributed by atoms with van der Waals surface area (Å²) in [4.78, 5) is 39.8. The monoisotopic (exact) mass is 336 g/mol. The van der Waals surface area contributed by atoms with Crippen LogP contribution in [0.1, 0.15) is 38.8 Å². The van der Waals surface area contributed by atoms with Crippen LogP contribution < -0.4 is 4.90 Å². The lowest BCUT2D eigenvalue weighted by atomic mass is 10.1. The van der Waals surface area contributed by atoms with Crippen molar-refractivity contribution in [2.45, 2.75) is 20.8 Å². The molecule has 0 atom stereocenters. The smallest absolute Gasteiger partial charge is 0.261 e. The number of nitrogens with zero attached hydrogens (tertiary/aromatic N) is 2. The zero-order chi connectivity index (χ0) is 18.1. The molecule has 2 aromatic rings. The molecule has 0 saturated heterocycles. The number of benzene rings is 2. The van der Waals surface area contributed by atoms with E-state index in [9.17, 15) is 14.4 Å². The first-order valence-corrected chi connectivity index (χ1v) is 8.20. The van der Waals surface area contributed by atoms with Gasteiger partial charge in [0.25, 0.3) is 11.8 Å². The molecule has 1 heterocycles. The molecule has 0 radical (unpaired) electrons. The third-order valence-electron chi connectivity index (χ3n) is 4.45. The summed E-state index contributed by atoms with van der Waals surface area (Å²) in [5, 5.41) is 0. The molecule has 0 spiro atoms. The van der Waals surface area contributed by atoms with Gasteiger partial charge < -0.3 is 4.90 Å². The first kappa shape index (κ1) is 16.9. The van der Waals surface area contributed by atoms with E-state index in [0.29, 0.717) is 11.1 Å². The second-order valence-corrected chi connectivity index (χ2v) is 6.27. The minimum Gasteiger partial charge on any atom is -0.311 e. The Balaban J connectivity index is 1.80. The van der Waals surface area contributed by atoms with Crippen molar-refractivity contribution in [3.63, 3.8) is 0 Å². The molecular formula is C20H20N2O3. The van der Waals surface area contributed by atoms with E-state index < -0.39 is 0 Å². The molecule has 3 amide bonds. The largest absolute Gasteiger partial charge is 0.311 e. The van der Waals surface area contributed by atoms with E-state index in [1.54, 1.807) is 29.2 Å². The second-order valence-electron chi connectivity index (χ2n) is 6.27. The van der Waals surface area contributed by atoms with Crippen molar-refractivity contribution in [2.75, 3.05) is 18.0 Å². The van der Waals surface area contributed by atoms with Gasteiger partial charge in [0.1, 0.15) is 0 Å². The molecule has 5 heteroatoms. The molecule has 128 valence electrons. The highest BCUT2D eigenvalue weighted by atomic mass is 16.2. The summed E-state index contributed by atoms with van der Waals surface area (Å²) in [5.74, 6) is -0.724. The Morgan fingerprint density at radius 2 is 1.60 bits per heavy atom. The standard InChI is InChI=1S/C20H20N2O3/c1-13-8-9-18(14(2)12-13)21(15(3)23)10-11-22-19(24)16-6-4-5-7-17(16)20(22)25/h4-9,12H,10-11H2,1-3H3. The van der Waals surface area contributed by atoms with Gasteiger partial charge in [0.2, 0.25) is 5.91 Å². The molecular weight excluding hydrogens is 316 g/mol. The number of anilines is 1. The van der Waals surface area contributed by atoms with Crippen LogP contribution in [0, 0.1) is 13.8 Å². The minimum absolute atomic E-state index is 0.122. The summed E-state index contributed by atoms with van der Waals surface area (Å²) in [6.45, 7) is 5.86. The van der Waals surface area contributed by atoms with Gasteiger partial charge in [-0.05, 0) is 37.6 Å². The van der Waals surface area contributed by atoms with Crippen molar-refractivity contribution in [3.05, 3.63) is 64.7 Å². The number of rotatable bonds is 4. The summed E-state index contributed by atoms with van der Waals surface area (Å²) in [6, 6.07) is 12.6. The molecule has 0 fully saturated rings. The van der Waals surface area contributed by atoms with Gasteiger partial charge >= 0.3 is 0 Å². The number of fused-ring (bicyclic) bond motifs is 1. The predicted octanol–water partition coefficient (Wildman–Crippen LogP) is 2.95. The summed E-state index contributed by atoms with van der Waals surface area (Å²) in [5.41, 5.74) is 3.75. The lowest BCUT2D eigenvalue weighted by Crippen LogP contribution is -2.40. The summed E-state index contributed by atoms with van der Waals surface area (Å²) in [7, 11) is 0. The SMILES string of the molecule is CC(=O)N(CCN1C(=O)c2ccccc2C1=O)c1ccc(C)cc1C. The Morgan fingerprint density at radius 3 is 2.12 bits per heavy atom. The average Bonchev–Trinajstić information content (AvgIpc) is 2.81. The van der Waals surface area contributed by atoms with Crippen molar-refractivity contribution < 1.29 is 14.4 Å². The minimum atomic E-state index is -0.301. The average molecular weight is 336 g/mol. The maximum atomic E-state index is 12.4. The molecule has 25 heavy (non-hydrogen) atoms. The maximum absolute atomic E-state index is 12.4. The van der Waals surface area contributed by atoms with Crippen LogP contribution in [0.2, 0.25) is 0 Å². The van der Waals surface area contributed by atoms with E-state index in [1.165, 1.54) is 11.8 Å². The molecule has 0 N–H and O–H groups in total. The van der Waals surface area contributed by atoms with Crippen molar-refractivity contribution in [3.8, 4) is 0 Å². The van der Waals surface area contributed by atoms with Crippen molar-refractivity contribution in [2.24, 2.45) is 0 Å². The van der Waals surface area contributed by atoms with E-state index in [1.807, 2.05) is 32.0 Å². The summed E-state index contributed by atoms with van der Waals surface area (Å²) >= 11 is 0. The summed E-state index contributed by atoms with van der Waals surface area (Å²) < 4.78 is 0. The zero-order valence-electron chi connectivity index (χ0n) is 14.6. The molecule has 0 aromatic heterocycles. The normalized spacial score (nSPS) is 13.2. The van der Waals surface area contributed by atoms with Gasteiger partial charge in [0.15, 0.2) is 0 Å². The van der Waals surface area contributed by atoms with Gasteiger partial charge in [-0.3, -0.25) is 19.3 Å². The fourth-order valence-electron chi connectivity index (χ4n) is 3.20. The fraction of sp³-hybridized carbons (Fsp3) is 0.250. The van der Waals surface area contributed by atoms with Crippen LogP contribution >= 0.6 is 0 Å². The maximum Gasteiger partial charge on any atom is 0.261 e. The van der Waals surface area contributed by atoms with Crippen LogP contribution in [0.3, 0.4) is 0 Å². The Hall–Kier alpha value is -2.95. The van der Waals surface area contributed by atoms with Crippen LogP contribution in [-0.2, 0) is 4.79 Å². The molecule has 0 saturated carbocycles. The molecule has 2 aromatic carbocycles. The van der Waals surface area contributed by atoms with E-state index >= 15 is 0 Å². The molecule has 5 nitrogen and oxygen atoms in total. The predicted molar refractivity (Wildman–Crippen MR) is 95.8 cm³/mol. The van der Waals surface area contributed by atoms with E-state index in [2.05, 4.69) is 0 Å². The van der Waals surface area contributed by atoms with Crippen LogP contribution in [0.4, 0.5) is 5.69 Å². The molecule has 0 unspecified atom stereocenters. The van der Waals surface area contributed by atoms with Gasteiger partial charge in [-0.25, -0.2) is 0 Å². The quantitative estimate of drug-likeness (QED) is 0.807. The van der Waals surface area contributed by atoms with Crippen LogP contribution in [0.25, 0.3) is 0 Å². The van der Waals surface area contributed by atoms with Gasteiger partial charge in [-0.15, -0.1) is 0 Å². The van der Waals surface area contributed by atoms with Crippen LogP contribution in [-0.4, -0.2) is 35.7 Å². The Morgan fingerprint density at radius 1 is 1.00 bits per heavy atom. The van der Waals surface area contributed by atoms with E-state index in [0.717, 1.165) is 16.8 Å². The second kappa shape index (κ2) is 6.51. The van der Waals surface area contributed by atoms with Crippen molar-refractivity contribution in [1.82, 2.24) is 4.90 Å². The highest BCUT2D eigenvalue weighted by Gasteiger charge is 2.35. The number of imide groups is 1. The number of hydrogen-bond donors (Lipinski definition) is 0. The molecule has 0 bridgehead atoms. The Labute approximate surface area is 146 Å². The van der Waals surface area contributed by atoms with Gasteiger partial charge in [-0.1, -0.05) is 29.8 Å². The lowest BCUT2D eigenvalue weighted by Gasteiger charge is -2.25. The molecule has 3 rings (SSSR count). The highest BCUT2D eigenvalue weighted by Crippen LogP contribution is 2.24. The molecule has 1 aliphatic rings. The van der Waals surface area contributed by atoms with Crippen molar-refractivity contribution >= 4 is 23.4 Å². The number of hydrogen-bond acceptors (Lipinski definition) is 3.